The summed E-state index contributed by atoms with van der Waals surface area (Å²) in [6.07, 6.45) is 9.73. The highest BCUT2D eigenvalue weighted by atomic mass is 127. The van der Waals surface area contributed by atoms with E-state index in [9.17, 15) is 0 Å². The van der Waals surface area contributed by atoms with Gasteiger partial charge in [0.1, 0.15) is 5.76 Å². The maximum absolute atomic E-state index is 5.40. The Morgan fingerprint density at radius 1 is 1.38 bits per heavy atom. The van der Waals surface area contributed by atoms with E-state index in [1.807, 2.05) is 23.9 Å². The van der Waals surface area contributed by atoms with Gasteiger partial charge in [-0.15, -0.1) is 24.0 Å². The molecule has 1 aliphatic rings. The van der Waals surface area contributed by atoms with Crippen LogP contribution < -0.4 is 10.6 Å². The molecule has 2 N–H and O–H groups in total. The lowest BCUT2D eigenvalue weighted by Gasteiger charge is -2.33. The zero-order valence-electron chi connectivity index (χ0n) is 16.2. The number of piperidine rings is 1. The van der Waals surface area contributed by atoms with Gasteiger partial charge in [-0.3, -0.25) is 4.99 Å². The van der Waals surface area contributed by atoms with Crippen molar-refractivity contribution < 1.29 is 4.42 Å². The fourth-order valence-electron chi connectivity index (χ4n) is 3.04. The van der Waals surface area contributed by atoms with Crippen molar-refractivity contribution in [2.75, 3.05) is 44.7 Å². The molecule has 0 radical (unpaired) electrons. The van der Waals surface area contributed by atoms with E-state index in [1.54, 1.807) is 6.26 Å². The van der Waals surface area contributed by atoms with Crippen LogP contribution in [0.5, 0.6) is 0 Å². The van der Waals surface area contributed by atoms with E-state index in [0.717, 1.165) is 37.0 Å². The highest BCUT2D eigenvalue weighted by Gasteiger charge is 2.19. The normalized spacial score (nSPS) is 16.3. The maximum atomic E-state index is 5.40. The van der Waals surface area contributed by atoms with Crippen LogP contribution in [-0.4, -0.2) is 61.6 Å². The average Bonchev–Trinajstić information content (AvgIpc) is 3.14. The number of guanidine groups is 1. The second-order valence-electron chi connectivity index (χ2n) is 6.59. The van der Waals surface area contributed by atoms with Crippen molar-refractivity contribution in [2.24, 2.45) is 4.99 Å². The summed E-state index contributed by atoms with van der Waals surface area (Å²) in [5.74, 6) is 3.02. The molecule has 0 atom stereocenters. The van der Waals surface area contributed by atoms with Crippen LogP contribution in [0.15, 0.2) is 27.8 Å². The minimum absolute atomic E-state index is 0. The standard InChI is InChI=1S/C19H34N4OS.HI/c1-3-4-12-23-13-8-17(9-14-23)22-19(21-11-16-25-2)20-10-7-18-6-5-15-24-18;/h5-6,15,17H,3-4,7-14,16H2,1-2H3,(H2,20,21,22);1H. The van der Waals surface area contributed by atoms with E-state index in [0.29, 0.717) is 6.04 Å². The molecule has 1 aliphatic heterocycles. The van der Waals surface area contributed by atoms with Gasteiger partial charge in [-0.05, 0) is 44.2 Å². The van der Waals surface area contributed by atoms with Gasteiger partial charge >= 0.3 is 0 Å². The number of hydrogen-bond acceptors (Lipinski definition) is 4. The Kier molecular flexibility index (Phi) is 13.3. The Hall–Kier alpha value is -0.410. The first-order valence-corrected chi connectivity index (χ1v) is 11.0. The molecule has 0 spiro atoms. The van der Waals surface area contributed by atoms with Crippen LogP contribution in [0.4, 0.5) is 0 Å². The smallest absolute Gasteiger partial charge is 0.191 e. The van der Waals surface area contributed by atoms with Crippen molar-refractivity contribution in [3.63, 3.8) is 0 Å². The Balaban J connectivity index is 0.00000338. The number of unbranched alkanes of at least 4 members (excludes halogenated alkanes) is 1. The molecule has 1 fully saturated rings. The van der Waals surface area contributed by atoms with E-state index in [-0.39, 0.29) is 24.0 Å². The van der Waals surface area contributed by atoms with Gasteiger partial charge in [0.2, 0.25) is 0 Å². The van der Waals surface area contributed by atoms with Gasteiger partial charge in [0.15, 0.2) is 5.96 Å². The zero-order valence-corrected chi connectivity index (χ0v) is 19.4. The highest BCUT2D eigenvalue weighted by Crippen LogP contribution is 2.11. The monoisotopic (exact) mass is 494 g/mol. The van der Waals surface area contributed by atoms with Gasteiger partial charge in [-0.25, -0.2) is 0 Å². The Labute approximate surface area is 180 Å². The molecule has 0 bridgehead atoms. The van der Waals surface area contributed by atoms with Gasteiger partial charge in [0.25, 0.3) is 0 Å². The van der Waals surface area contributed by atoms with Crippen LogP contribution in [0.1, 0.15) is 38.4 Å². The van der Waals surface area contributed by atoms with Gasteiger partial charge in [-0.2, -0.15) is 11.8 Å². The number of thioether (sulfide) groups is 1. The van der Waals surface area contributed by atoms with Crippen LogP contribution in [-0.2, 0) is 6.42 Å². The van der Waals surface area contributed by atoms with E-state index >= 15 is 0 Å². The van der Waals surface area contributed by atoms with Crippen molar-refractivity contribution in [2.45, 2.75) is 45.1 Å². The van der Waals surface area contributed by atoms with Crippen LogP contribution in [0.3, 0.4) is 0 Å². The molecule has 150 valence electrons. The van der Waals surface area contributed by atoms with E-state index in [1.165, 1.54) is 45.3 Å². The van der Waals surface area contributed by atoms with Crippen molar-refractivity contribution in [3.05, 3.63) is 24.2 Å². The van der Waals surface area contributed by atoms with Gasteiger partial charge < -0.3 is 20.0 Å². The van der Waals surface area contributed by atoms with Gasteiger partial charge in [0, 0.05) is 37.8 Å². The molecule has 1 saturated heterocycles. The number of nitrogens with one attached hydrogen (secondary N) is 2. The Morgan fingerprint density at radius 3 is 2.85 bits per heavy atom. The first-order chi connectivity index (χ1) is 12.3. The number of rotatable bonds is 10. The summed E-state index contributed by atoms with van der Waals surface area (Å²) < 4.78 is 5.40. The van der Waals surface area contributed by atoms with E-state index < -0.39 is 0 Å². The third-order valence-corrected chi connectivity index (χ3v) is 5.16. The summed E-state index contributed by atoms with van der Waals surface area (Å²) in [5.41, 5.74) is 0. The summed E-state index contributed by atoms with van der Waals surface area (Å²) in [5, 5.41) is 7.11. The van der Waals surface area contributed by atoms with Crippen molar-refractivity contribution in [3.8, 4) is 0 Å². The first-order valence-electron chi connectivity index (χ1n) is 9.60. The molecule has 5 nitrogen and oxygen atoms in total. The summed E-state index contributed by atoms with van der Waals surface area (Å²) in [4.78, 5) is 7.32. The van der Waals surface area contributed by atoms with E-state index in [2.05, 4.69) is 28.7 Å². The summed E-state index contributed by atoms with van der Waals surface area (Å²) >= 11 is 1.84. The molecular formula is C19H35IN4OS. The van der Waals surface area contributed by atoms with Crippen LogP contribution in [0.25, 0.3) is 0 Å². The number of halogens is 1. The lowest BCUT2D eigenvalue weighted by molar-refractivity contribution is 0.203. The van der Waals surface area contributed by atoms with E-state index in [4.69, 9.17) is 9.41 Å². The molecule has 2 heterocycles. The van der Waals surface area contributed by atoms with Gasteiger partial charge in [0.05, 0.1) is 12.8 Å². The van der Waals surface area contributed by atoms with Crippen LogP contribution >= 0.6 is 35.7 Å². The molecule has 7 heteroatoms. The topological polar surface area (TPSA) is 52.8 Å². The number of hydrogen-bond donors (Lipinski definition) is 2. The quantitative estimate of drug-likeness (QED) is 0.225. The summed E-state index contributed by atoms with van der Waals surface area (Å²) in [6, 6.07) is 4.49. The largest absolute Gasteiger partial charge is 0.469 e. The average molecular weight is 494 g/mol. The van der Waals surface area contributed by atoms with Crippen molar-refractivity contribution in [1.82, 2.24) is 15.5 Å². The van der Waals surface area contributed by atoms with Crippen LogP contribution in [0.2, 0.25) is 0 Å². The third kappa shape index (κ3) is 9.50. The van der Waals surface area contributed by atoms with Crippen LogP contribution in [0, 0.1) is 0 Å². The first kappa shape index (κ1) is 23.6. The fraction of sp³-hybridized carbons (Fsp3) is 0.737. The molecule has 0 amide bonds. The minimum Gasteiger partial charge on any atom is -0.469 e. The zero-order chi connectivity index (χ0) is 17.7. The number of nitrogens with zero attached hydrogens (tertiary/aromatic N) is 2. The molecule has 0 saturated carbocycles. The summed E-state index contributed by atoms with van der Waals surface area (Å²) in [7, 11) is 0. The SMILES string of the molecule is CCCCN1CCC(NC(=NCCSC)NCCc2ccco2)CC1.I. The lowest BCUT2D eigenvalue weighted by Crippen LogP contribution is -2.49. The van der Waals surface area contributed by atoms with Gasteiger partial charge in [-0.1, -0.05) is 13.3 Å². The number of likely N-dealkylation sites (tertiary alicyclic amines) is 1. The Morgan fingerprint density at radius 2 is 2.19 bits per heavy atom. The third-order valence-electron chi connectivity index (χ3n) is 4.57. The number of aliphatic imine (C=N–C) groups is 1. The van der Waals surface area contributed by atoms with Crippen molar-refractivity contribution in [1.29, 1.82) is 0 Å². The second-order valence-corrected chi connectivity index (χ2v) is 7.58. The maximum Gasteiger partial charge on any atom is 0.191 e. The molecule has 26 heavy (non-hydrogen) atoms. The molecule has 1 aromatic rings. The molecule has 1 aromatic heterocycles. The molecule has 0 aliphatic carbocycles. The Bertz CT molecular complexity index is 476. The molecule has 0 unspecified atom stereocenters. The molecule has 0 aromatic carbocycles. The fourth-order valence-corrected chi connectivity index (χ4v) is 3.31. The summed E-state index contributed by atoms with van der Waals surface area (Å²) in [6.45, 7) is 7.60. The molecular weight excluding hydrogens is 459 g/mol. The molecule has 2 rings (SSSR count). The highest BCUT2D eigenvalue weighted by molar-refractivity contribution is 14.0. The minimum atomic E-state index is 0. The predicted octanol–water partition coefficient (Wildman–Crippen LogP) is 3.60. The number of furan rings is 1. The lowest BCUT2D eigenvalue weighted by atomic mass is 10.0. The predicted molar refractivity (Wildman–Crippen MR) is 124 cm³/mol. The van der Waals surface area contributed by atoms with Crippen molar-refractivity contribution >= 4 is 41.7 Å². The second kappa shape index (κ2) is 14.6.